The summed E-state index contributed by atoms with van der Waals surface area (Å²) < 4.78 is 4.40. The van der Waals surface area contributed by atoms with Gasteiger partial charge in [-0.3, -0.25) is 0 Å². The maximum atomic E-state index is 5.09. The smallest absolute Gasteiger partial charge is 0.232 e. The van der Waals surface area contributed by atoms with Crippen molar-refractivity contribution in [2.24, 2.45) is 7.05 Å². The predicted octanol–water partition coefficient (Wildman–Crippen LogP) is 5.80. The first kappa shape index (κ1) is 16.9. The minimum absolute atomic E-state index is 0.975. The highest BCUT2D eigenvalue weighted by Gasteiger charge is 2.25. The summed E-state index contributed by atoms with van der Waals surface area (Å²) in [6.45, 7) is 0. The number of pyridine rings is 2. The van der Waals surface area contributed by atoms with E-state index in [0.717, 1.165) is 27.6 Å². The van der Waals surface area contributed by atoms with Crippen molar-refractivity contribution in [3.05, 3.63) is 103 Å². The van der Waals surface area contributed by atoms with Crippen LogP contribution in [0.2, 0.25) is 0 Å². The van der Waals surface area contributed by atoms with Crippen LogP contribution in [0.25, 0.3) is 49.8 Å². The molecule has 0 aliphatic heterocycles. The number of hydrogen-bond acceptors (Lipinski definition) is 1. The Morgan fingerprint density at radius 2 is 1.37 bits per heavy atom. The fourth-order valence-electron chi connectivity index (χ4n) is 4.45. The molecule has 3 heteroatoms. The van der Waals surface area contributed by atoms with Crippen LogP contribution in [0.5, 0.6) is 0 Å². The summed E-state index contributed by atoms with van der Waals surface area (Å²) in [5, 5.41) is 2.31. The van der Waals surface area contributed by atoms with Gasteiger partial charge < -0.3 is 0 Å². The van der Waals surface area contributed by atoms with E-state index in [4.69, 9.17) is 4.98 Å². The van der Waals surface area contributed by atoms with Crippen molar-refractivity contribution in [3.63, 3.8) is 0 Å². The lowest BCUT2D eigenvalue weighted by molar-refractivity contribution is -0.644. The number of fused-ring (bicyclic) bond motifs is 4. The van der Waals surface area contributed by atoms with Crippen LogP contribution >= 0.6 is 0 Å². The topological polar surface area (TPSA) is 21.2 Å². The minimum Gasteiger partial charge on any atom is -0.232 e. The van der Waals surface area contributed by atoms with E-state index in [9.17, 15) is 0 Å². The molecule has 0 atom stereocenters. The van der Waals surface area contributed by atoms with Gasteiger partial charge in [0.05, 0.1) is 23.5 Å². The molecule has 142 valence electrons. The fourth-order valence-corrected chi connectivity index (χ4v) is 4.45. The lowest BCUT2D eigenvalue weighted by Gasteiger charge is -2.14. The highest BCUT2D eigenvalue weighted by molar-refractivity contribution is 6.08. The molecular weight excluding hydrogens is 366 g/mol. The van der Waals surface area contributed by atoms with E-state index < -0.39 is 0 Å². The van der Waals surface area contributed by atoms with Crippen molar-refractivity contribution in [3.8, 4) is 22.3 Å². The first-order chi connectivity index (χ1) is 14.8. The van der Waals surface area contributed by atoms with E-state index in [-0.39, 0.29) is 0 Å². The molecule has 3 aromatic heterocycles. The SMILES string of the molecule is C[n+]1ccn2c3nc4ccccc4cc3c(-c3ccccc3)c(-c3ccccc3)c21. The zero-order valence-electron chi connectivity index (χ0n) is 16.7. The van der Waals surface area contributed by atoms with E-state index in [1.807, 2.05) is 6.07 Å². The quantitative estimate of drug-likeness (QED) is 0.272. The molecule has 3 nitrogen and oxygen atoms in total. The molecular formula is C27H20N3+. The second-order valence-corrected chi connectivity index (χ2v) is 7.64. The summed E-state index contributed by atoms with van der Waals surface area (Å²) in [5.74, 6) is 0. The Morgan fingerprint density at radius 1 is 0.733 bits per heavy atom. The van der Waals surface area contributed by atoms with Gasteiger partial charge in [-0.1, -0.05) is 78.9 Å². The number of rotatable bonds is 2. The van der Waals surface area contributed by atoms with E-state index in [0.29, 0.717) is 0 Å². The van der Waals surface area contributed by atoms with Gasteiger partial charge in [-0.15, -0.1) is 0 Å². The Kier molecular flexibility index (Phi) is 3.68. The molecule has 0 saturated carbocycles. The van der Waals surface area contributed by atoms with E-state index >= 15 is 0 Å². The predicted molar refractivity (Wildman–Crippen MR) is 122 cm³/mol. The Morgan fingerprint density at radius 3 is 2.10 bits per heavy atom. The molecule has 30 heavy (non-hydrogen) atoms. The van der Waals surface area contributed by atoms with Crippen LogP contribution in [0.1, 0.15) is 0 Å². The van der Waals surface area contributed by atoms with Gasteiger partial charge in [0.15, 0.2) is 0 Å². The number of benzene rings is 3. The molecule has 0 saturated heterocycles. The lowest BCUT2D eigenvalue weighted by Crippen LogP contribution is -2.26. The van der Waals surface area contributed by atoms with Crippen molar-refractivity contribution in [2.45, 2.75) is 0 Å². The summed E-state index contributed by atoms with van der Waals surface area (Å²) in [4.78, 5) is 5.09. The monoisotopic (exact) mass is 386 g/mol. The van der Waals surface area contributed by atoms with Crippen LogP contribution in [-0.2, 0) is 7.05 Å². The third-order valence-corrected chi connectivity index (χ3v) is 5.80. The summed E-state index contributed by atoms with van der Waals surface area (Å²) >= 11 is 0. The van der Waals surface area contributed by atoms with Crippen LogP contribution in [0.4, 0.5) is 0 Å². The fraction of sp³-hybridized carbons (Fsp3) is 0.0370. The third-order valence-electron chi connectivity index (χ3n) is 5.80. The Balaban J connectivity index is 1.91. The largest absolute Gasteiger partial charge is 0.296 e. The van der Waals surface area contributed by atoms with Crippen molar-refractivity contribution < 1.29 is 4.57 Å². The molecule has 0 aliphatic rings. The molecule has 0 N–H and O–H groups in total. The number of imidazole rings is 1. The van der Waals surface area contributed by atoms with Crippen LogP contribution in [0.3, 0.4) is 0 Å². The normalized spacial score (nSPS) is 11.5. The highest BCUT2D eigenvalue weighted by Crippen LogP contribution is 2.40. The Hall–Kier alpha value is -3.98. The number of para-hydroxylation sites is 1. The molecule has 3 aromatic carbocycles. The standard InChI is InChI=1S/C27H20N3/c1-29-16-17-30-26-22(18-21-14-8-9-15-23(21)28-26)24(19-10-4-2-5-11-19)25(27(29)30)20-12-6-3-7-13-20/h2-18H,1H3/q+1. The van der Waals surface area contributed by atoms with E-state index in [1.54, 1.807) is 0 Å². The molecule has 0 aliphatic carbocycles. The molecule has 0 unspecified atom stereocenters. The van der Waals surface area contributed by atoms with Gasteiger partial charge in [0, 0.05) is 10.9 Å². The van der Waals surface area contributed by atoms with Gasteiger partial charge >= 0.3 is 0 Å². The van der Waals surface area contributed by atoms with E-state index in [1.165, 1.54) is 22.3 Å². The average molecular weight is 386 g/mol. The summed E-state index contributed by atoms with van der Waals surface area (Å²) in [6, 6.07) is 31.9. The highest BCUT2D eigenvalue weighted by atomic mass is 15.1. The van der Waals surface area contributed by atoms with Gasteiger partial charge in [-0.25, -0.2) is 9.55 Å². The first-order valence-electron chi connectivity index (χ1n) is 10.1. The zero-order chi connectivity index (χ0) is 20.1. The molecule has 3 heterocycles. The van der Waals surface area contributed by atoms with Gasteiger partial charge in [0.1, 0.15) is 12.4 Å². The molecule has 6 aromatic rings. The second kappa shape index (κ2) is 6.53. The number of hydrogen-bond donors (Lipinski definition) is 0. The summed E-state index contributed by atoms with van der Waals surface area (Å²) in [5.41, 5.74) is 7.95. The number of aryl methyl sites for hydroxylation is 1. The van der Waals surface area contributed by atoms with Gasteiger partial charge in [-0.05, 0) is 23.3 Å². The first-order valence-corrected chi connectivity index (χ1v) is 10.1. The Bertz CT molecular complexity index is 1530. The van der Waals surface area contributed by atoms with Crippen molar-refractivity contribution in [1.29, 1.82) is 0 Å². The summed E-state index contributed by atoms with van der Waals surface area (Å²) in [7, 11) is 2.10. The lowest BCUT2D eigenvalue weighted by atomic mass is 9.92. The molecule has 0 fully saturated rings. The molecule has 0 radical (unpaired) electrons. The molecule has 6 rings (SSSR count). The maximum absolute atomic E-state index is 5.09. The van der Waals surface area contributed by atoms with Crippen LogP contribution in [0, 0.1) is 0 Å². The van der Waals surface area contributed by atoms with Crippen LogP contribution in [0.15, 0.2) is 103 Å². The minimum atomic E-state index is 0.975. The van der Waals surface area contributed by atoms with Crippen molar-refractivity contribution in [1.82, 2.24) is 9.38 Å². The summed E-state index contributed by atoms with van der Waals surface area (Å²) in [6.07, 6.45) is 4.22. The van der Waals surface area contributed by atoms with Crippen molar-refractivity contribution >= 4 is 27.6 Å². The van der Waals surface area contributed by atoms with Gasteiger partial charge in [0.2, 0.25) is 5.65 Å². The maximum Gasteiger partial charge on any atom is 0.296 e. The van der Waals surface area contributed by atoms with E-state index in [2.05, 4.69) is 113 Å². The molecule has 0 spiro atoms. The third kappa shape index (κ3) is 2.45. The van der Waals surface area contributed by atoms with Gasteiger partial charge in [-0.2, -0.15) is 4.40 Å². The molecule has 0 amide bonds. The average Bonchev–Trinajstić information content (AvgIpc) is 3.19. The van der Waals surface area contributed by atoms with Gasteiger partial charge in [0.25, 0.3) is 5.65 Å². The zero-order valence-corrected chi connectivity index (χ0v) is 16.7. The Labute approximate surface area is 174 Å². The number of nitrogens with zero attached hydrogens (tertiary/aromatic N) is 3. The van der Waals surface area contributed by atoms with Crippen molar-refractivity contribution in [2.75, 3.05) is 0 Å². The van der Waals surface area contributed by atoms with Crippen LogP contribution in [-0.4, -0.2) is 9.38 Å². The second-order valence-electron chi connectivity index (χ2n) is 7.64. The number of aromatic nitrogens is 3. The molecule has 0 bridgehead atoms. The van der Waals surface area contributed by atoms with Crippen LogP contribution < -0.4 is 4.57 Å².